The van der Waals surface area contributed by atoms with Crippen LogP contribution in [-0.2, 0) is 10.0 Å². The van der Waals surface area contributed by atoms with E-state index in [9.17, 15) is 8.42 Å². The Morgan fingerprint density at radius 2 is 1.85 bits per heavy atom. The molecule has 4 rings (SSSR count). The van der Waals surface area contributed by atoms with E-state index >= 15 is 0 Å². The molecule has 0 amide bonds. The third kappa shape index (κ3) is 2.81. The van der Waals surface area contributed by atoms with E-state index in [1.807, 2.05) is 24.3 Å². The maximum absolute atomic E-state index is 13.2. The highest BCUT2D eigenvalue weighted by Gasteiger charge is 2.22. The maximum atomic E-state index is 13.2. The van der Waals surface area contributed by atoms with Gasteiger partial charge in [-0.1, -0.05) is 24.3 Å². The third-order valence-electron chi connectivity index (χ3n) is 4.67. The van der Waals surface area contributed by atoms with E-state index in [1.165, 1.54) is 3.97 Å². The van der Waals surface area contributed by atoms with E-state index in [4.69, 9.17) is 4.74 Å². The normalized spacial score (nSPS) is 15.0. The van der Waals surface area contributed by atoms with E-state index in [1.54, 1.807) is 37.6 Å². The number of nitrogens with zero attached hydrogens (tertiary/aromatic N) is 1. The van der Waals surface area contributed by atoms with Crippen LogP contribution in [0.25, 0.3) is 16.5 Å². The van der Waals surface area contributed by atoms with Crippen LogP contribution in [0.3, 0.4) is 0 Å². The molecule has 5 nitrogen and oxygen atoms in total. The molecule has 2 heterocycles. The lowest BCUT2D eigenvalue weighted by Crippen LogP contribution is -2.21. The Bertz CT molecular complexity index is 1080. The van der Waals surface area contributed by atoms with Crippen LogP contribution in [0.4, 0.5) is 0 Å². The van der Waals surface area contributed by atoms with Gasteiger partial charge < -0.3 is 10.1 Å². The Balaban J connectivity index is 1.89. The van der Waals surface area contributed by atoms with Crippen molar-refractivity contribution >= 4 is 26.5 Å². The quantitative estimate of drug-likeness (QED) is 0.768. The van der Waals surface area contributed by atoms with Crippen molar-refractivity contribution < 1.29 is 13.2 Å². The van der Waals surface area contributed by atoms with E-state index in [2.05, 4.69) is 11.4 Å². The minimum atomic E-state index is -3.69. The summed E-state index contributed by atoms with van der Waals surface area (Å²) in [6, 6.07) is 14.1. The van der Waals surface area contributed by atoms with Crippen LogP contribution in [0, 0.1) is 0 Å². The van der Waals surface area contributed by atoms with Crippen molar-refractivity contribution in [3.05, 3.63) is 66.4 Å². The van der Waals surface area contributed by atoms with Crippen LogP contribution in [0.2, 0.25) is 0 Å². The van der Waals surface area contributed by atoms with Crippen LogP contribution >= 0.6 is 0 Å². The first kappa shape index (κ1) is 16.9. The molecule has 0 bridgehead atoms. The number of para-hydroxylation sites is 1. The Kier molecular flexibility index (Phi) is 4.30. The molecule has 0 spiro atoms. The fraction of sp³-hybridized carbons (Fsp3) is 0.200. The van der Waals surface area contributed by atoms with E-state index in [0.717, 1.165) is 36.0 Å². The largest absolute Gasteiger partial charge is 0.497 e. The molecule has 1 aliphatic rings. The molecular formula is C20H20N2O3S. The number of nitrogens with one attached hydrogen (secondary N) is 1. The lowest BCUT2D eigenvalue weighted by Gasteiger charge is -2.13. The van der Waals surface area contributed by atoms with Gasteiger partial charge in [-0.2, -0.15) is 0 Å². The van der Waals surface area contributed by atoms with Gasteiger partial charge >= 0.3 is 0 Å². The van der Waals surface area contributed by atoms with Gasteiger partial charge in [0, 0.05) is 23.7 Å². The molecule has 1 aliphatic heterocycles. The third-order valence-corrected chi connectivity index (χ3v) is 6.36. The van der Waals surface area contributed by atoms with Crippen molar-refractivity contribution in [2.45, 2.75) is 11.3 Å². The van der Waals surface area contributed by atoms with Crippen molar-refractivity contribution in [1.29, 1.82) is 0 Å². The molecule has 26 heavy (non-hydrogen) atoms. The lowest BCUT2D eigenvalue weighted by atomic mass is 10.0. The molecule has 1 aromatic heterocycles. The van der Waals surface area contributed by atoms with Crippen molar-refractivity contribution in [1.82, 2.24) is 9.29 Å². The lowest BCUT2D eigenvalue weighted by molar-refractivity contribution is 0.414. The van der Waals surface area contributed by atoms with Gasteiger partial charge in [-0.3, -0.25) is 0 Å². The van der Waals surface area contributed by atoms with Gasteiger partial charge in [0.2, 0.25) is 0 Å². The predicted octanol–water partition coefficient (Wildman–Crippen LogP) is 3.26. The first-order valence-electron chi connectivity index (χ1n) is 8.51. The molecule has 0 radical (unpaired) electrons. The van der Waals surface area contributed by atoms with Crippen molar-refractivity contribution in [3.8, 4) is 5.75 Å². The van der Waals surface area contributed by atoms with Gasteiger partial charge in [0.05, 0.1) is 17.5 Å². The number of benzene rings is 2. The second kappa shape index (κ2) is 6.63. The smallest absolute Gasteiger partial charge is 0.268 e. The van der Waals surface area contributed by atoms with Crippen LogP contribution < -0.4 is 10.1 Å². The summed E-state index contributed by atoms with van der Waals surface area (Å²) in [5.41, 5.74) is 2.78. The number of hydrogen-bond acceptors (Lipinski definition) is 4. The maximum Gasteiger partial charge on any atom is 0.268 e. The summed E-state index contributed by atoms with van der Waals surface area (Å²) < 4.78 is 33.0. The van der Waals surface area contributed by atoms with E-state index < -0.39 is 10.0 Å². The number of rotatable bonds is 4. The van der Waals surface area contributed by atoms with Crippen LogP contribution in [0.15, 0.2) is 65.7 Å². The molecule has 1 N–H and O–H groups in total. The standard InChI is InChI=1S/C20H20N2O3S/c1-25-16-8-10-17(11-9-16)26(23,24)22-14-19(15-5-4-12-21-13-15)18-6-2-3-7-20(18)22/h2-3,5-11,14,21H,4,12-13H2,1H3. The average molecular weight is 368 g/mol. The molecule has 0 aliphatic carbocycles. The first-order chi connectivity index (χ1) is 12.6. The van der Waals surface area contributed by atoms with Crippen LogP contribution in [0.5, 0.6) is 5.75 Å². The monoisotopic (exact) mass is 368 g/mol. The fourth-order valence-corrected chi connectivity index (χ4v) is 4.68. The van der Waals surface area contributed by atoms with Crippen molar-refractivity contribution in [2.75, 3.05) is 20.2 Å². The fourth-order valence-electron chi connectivity index (χ4n) is 3.31. The second-order valence-corrected chi connectivity index (χ2v) is 8.05. The summed E-state index contributed by atoms with van der Waals surface area (Å²) in [6.45, 7) is 1.70. The zero-order chi connectivity index (χ0) is 18.1. The molecule has 0 saturated carbocycles. The topological polar surface area (TPSA) is 60.3 Å². The highest BCUT2D eigenvalue weighted by atomic mass is 32.2. The number of methoxy groups -OCH3 is 1. The van der Waals surface area contributed by atoms with Gasteiger partial charge in [-0.05, 0) is 48.9 Å². The summed E-state index contributed by atoms with van der Waals surface area (Å²) in [5, 5.41) is 4.29. The van der Waals surface area contributed by atoms with E-state index in [-0.39, 0.29) is 4.90 Å². The molecule has 0 atom stereocenters. The van der Waals surface area contributed by atoms with Gasteiger partial charge in [-0.15, -0.1) is 0 Å². The average Bonchev–Trinajstić information content (AvgIpc) is 3.09. The van der Waals surface area contributed by atoms with Gasteiger partial charge in [0.1, 0.15) is 5.75 Å². The number of hydrogen-bond donors (Lipinski definition) is 1. The summed E-state index contributed by atoms with van der Waals surface area (Å²) in [5.74, 6) is 0.625. The molecule has 0 saturated heterocycles. The summed E-state index contributed by atoms with van der Waals surface area (Å²) >= 11 is 0. The Labute approximate surface area is 153 Å². The van der Waals surface area contributed by atoms with Gasteiger partial charge in [0.15, 0.2) is 0 Å². The summed E-state index contributed by atoms with van der Waals surface area (Å²) in [4.78, 5) is 0.237. The van der Waals surface area contributed by atoms with Crippen molar-refractivity contribution in [3.63, 3.8) is 0 Å². The Hall–Kier alpha value is -2.57. The summed E-state index contributed by atoms with van der Waals surface area (Å²) in [7, 11) is -2.14. The molecular weight excluding hydrogens is 348 g/mol. The van der Waals surface area contributed by atoms with Crippen molar-refractivity contribution in [2.24, 2.45) is 0 Å². The minimum Gasteiger partial charge on any atom is -0.497 e. The number of ether oxygens (including phenoxy) is 1. The second-order valence-electron chi connectivity index (χ2n) is 6.23. The van der Waals surface area contributed by atoms with Crippen LogP contribution in [0.1, 0.15) is 12.0 Å². The molecule has 0 fully saturated rings. The highest BCUT2D eigenvalue weighted by molar-refractivity contribution is 7.90. The number of aromatic nitrogens is 1. The summed E-state index contributed by atoms with van der Waals surface area (Å²) in [6.07, 6.45) is 4.87. The molecule has 6 heteroatoms. The number of fused-ring (bicyclic) bond motifs is 1. The molecule has 2 aromatic carbocycles. The highest BCUT2D eigenvalue weighted by Crippen LogP contribution is 2.31. The SMILES string of the molecule is COc1ccc(S(=O)(=O)n2cc(C3=CCCNC3)c3ccccc32)cc1. The Morgan fingerprint density at radius 1 is 1.08 bits per heavy atom. The Morgan fingerprint density at radius 3 is 2.54 bits per heavy atom. The van der Waals surface area contributed by atoms with Crippen LogP contribution in [-0.4, -0.2) is 32.6 Å². The molecule has 0 unspecified atom stereocenters. The first-order valence-corrected chi connectivity index (χ1v) is 9.95. The zero-order valence-electron chi connectivity index (χ0n) is 14.5. The minimum absolute atomic E-state index is 0.237. The van der Waals surface area contributed by atoms with Gasteiger partial charge in [-0.25, -0.2) is 12.4 Å². The zero-order valence-corrected chi connectivity index (χ0v) is 15.3. The molecule has 134 valence electrons. The van der Waals surface area contributed by atoms with Gasteiger partial charge in [0.25, 0.3) is 10.0 Å². The predicted molar refractivity (Wildman–Crippen MR) is 103 cm³/mol. The molecule has 3 aromatic rings. The van der Waals surface area contributed by atoms with E-state index in [0.29, 0.717) is 11.3 Å².